The number of aliphatic hydroxyl groups is 1. The van der Waals surface area contributed by atoms with Gasteiger partial charge in [0, 0.05) is 5.56 Å². The van der Waals surface area contributed by atoms with Crippen LogP contribution in [-0.2, 0) is 14.2 Å². The zero-order chi connectivity index (χ0) is 20.9. The van der Waals surface area contributed by atoms with Crippen molar-refractivity contribution in [2.24, 2.45) is 0 Å². The third-order valence-corrected chi connectivity index (χ3v) is 5.21. The predicted molar refractivity (Wildman–Crippen MR) is 111 cm³/mol. The number of nitrogens with one attached hydrogen (secondary N) is 1. The molecule has 0 radical (unpaired) electrons. The van der Waals surface area contributed by atoms with Gasteiger partial charge in [0.1, 0.15) is 24.6 Å². The fourth-order valence-electron chi connectivity index (χ4n) is 3.93. The molecule has 2 N–H and O–H groups in total. The van der Waals surface area contributed by atoms with E-state index in [1.54, 1.807) is 35.2 Å². The number of carbonyl (C=O) groups is 1. The molecule has 31 heavy (non-hydrogen) atoms. The Bertz CT molecular complexity index is 1090. The molecule has 0 spiro atoms. The van der Waals surface area contributed by atoms with Gasteiger partial charge in [0.05, 0.1) is 12.9 Å². The van der Waals surface area contributed by atoms with E-state index in [1.165, 1.54) is 6.33 Å². The number of fused-ring (bicyclic) bond motifs is 2. The molecule has 3 aromatic rings. The summed E-state index contributed by atoms with van der Waals surface area (Å²) in [5.74, 6) is -0.785. The quantitative estimate of drug-likeness (QED) is 0.650. The van der Waals surface area contributed by atoms with E-state index in [-0.39, 0.29) is 19.9 Å². The van der Waals surface area contributed by atoms with Gasteiger partial charge in [0.2, 0.25) is 0 Å². The molecule has 1 aromatic carbocycles. The molecule has 2 aliphatic heterocycles. The molecule has 0 aliphatic carbocycles. The van der Waals surface area contributed by atoms with Crippen molar-refractivity contribution in [1.82, 2.24) is 19.5 Å². The number of carbonyl (C=O) groups excluding carboxylic acids is 1. The van der Waals surface area contributed by atoms with E-state index in [0.29, 0.717) is 22.5 Å². The van der Waals surface area contributed by atoms with Crippen LogP contribution in [0.15, 0.2) is 43.0 Å². The third kappa shape index (κ3) is 3.68. The van der Waals surface area contributed by atoms with Crippen LogP contribution in [0.3, 0.4) is 0 Å². The van der Waals surface area contributed by atoms with Crippen LogP contribution < -0.4 is 5.32 Å². The van der Waals surface area contributed by atoms with Crippen molar-refractivity contribution in [3.8, 4) is 0 Å². The van der Waals surface area contributed by atoms with Gasteiger partial charge in [-0.1, -0.05) is 25.6 Å². The molecule has 5 rings (SSSR count). The van der Waals surface area contributed by atoms with Gasteiger partial charge in [-0.25, -0.2) is 15.0 Å². The average molecular weight is 427 g/mol. The standard InChI is InChI=1S/C20H21N5O5.CH4/c1-20(2)29-14-12(8-26)28-19(15(14)30-20)25-10-23-13-16(21-9-22-17(13)25)24-18(27)11-6-4-3-5-7-11;/h3-7,9-10,12,14-15,19,26H,8H2,1-2H3,(H,21,22,24,27);1H4/t12-,14?,15+,19-;/m1./s1. The molecule has 1 unspecified atom stereocenters. The molecule has 10 heteroatoms. The zero-order valence-electron chi connectivity index (χ0n) is 16.4. The Labute approximate surface area is 179 Å². The van der Waals surface area contributed by atoms with Crippen LogP contribution in [0.2, 0.25) is 0 Å². The predicted octanol–water partition coefficient (Wildman–Crippen LogP) is 2.12. The number of imidazole rings is 1. The van der Waals surface area contributed by atoms with E-state index in [0.717, 1.165) is 0 Å². The number of rotatable bonds is 4. The summed E-state index contributed by atoms with van der Waals surface area (Å²) in [5.41, 5.74) is 1.41. The first-order valence-electron chi connectivity index (χ1n) is 9.63. The summed E-state index contributed by atoms with van der Waals surface area (Å²) >= 11 is 0. The lowest BCUT2D eigenvalue weighted by molar-refractivity contribution is -0.199. The zero-order valence-corrected chi connectivity index (χ0v) is 16.4. The van der Waals surface area contributed by atoms with Gasteiger partial charge in [-0.15, -0.1) is 0 Å². The van der Waals surface area contributed by atoms with Crippen LogP contribution in [-0.4, -0.2) is 61.2 Å². The largest absolute Gasteiger partial charge is 0.394 e. The molecule has 2 aliphatic rings. The second kappa shape index (κ2) is 7.97. The van der Waals surface area contributed by atoms with Crippen LogP contribution in [0, 0.1) is 0 Å². The minimum atomic E-state index is -0.787. The van der Waals surface area contributed by atoms with Crippen LogP contribution >= 0.6 is 0 Å². The second-order valence-corrected chi connectivity index (χ2v) is 7.68. The molecule has 10 nitrogen and oxygen atoms in total. The molecule has 1 amide bonds. The second-order valence-electron chi connectivity index (χ2n) is 7.68. The van der Waals surface area contributed by atoms with Crippen molar-refractivity contribution in [3.63, 3.8) is 0 Å². The maximum Gasteiger partial charge on any atom is 0.256 e. The number of nitrogens with zero attached hydrogens (tertiary/aromatic N) is 4. The van der Waals surface area contributed by atoms with Gasteiger partial charge in [0.15, 0.2) is 29.0 Å². The lowest BCUT2D eigenvalue weighted by Crippen LogP contribution is -2.31. The van der Waals surface area contributed by atoms with Gasteiger partial charge in [-0.05, 0) is 26.0 Å². The lowest BCUT2D eigenvalue weighted by Gasteiger charge is -2.24. The van der Waals surface area contributed by atoms with Gasteiger partial charge in [-0.3, -0.25) is 9.36 Å². The van der Waals surface area contributed by atoms with Crippen LogP contribution in [0.5, 0.6) is 0 Å². The van der Waals surface area contributed by atoms with Crippen molar-refractivity contribution in [2.75, 3.05) is 11.9 Å². The number of hydrogen-bond donors (Lipinski definition) is 2. The summed E-state index contributed by atoms with van der Waals surface area (Å²) in [7, 11) is 0. The van der Waals surface area contributed by atoms with E-state index in [2.05, 4.69) is 20.3 Å². The monoisotopic (exact) mass is 427 g/mol. The molecule has 0 saturated carbocycles. The number of ether oxygens (including phenoxy) is 3. The van der Waals surface area contributed by atoms with Crippen molar-refractivity contribution >= 4 is 22.9 Å². The fraction of sp³-hybridized carbons (Fsp3) is 0.429. The minimum Gasteiger partial charge on any atom is -0.394 e. The Morgan fingerprint density at radius 2 is 1.90 bits per heavy atom. The summed E-state index contributed by atoms with van der Waals surface area (Å²) in [6, 6.07) is 8.84. The fourth-order valence-corrected chi connectivity index (χ4v) is 3.93. The summed E-state index contributed by atoms with van der Waals surface area (Å²) < 4.78 is 19.6. The molecule has 4 atom stereocenters. The maximum atomic E-state index is 12.5. The van der Waals surface area contributed by atoms with E-state index in [4.69, 9.17) is 14.2 Å². The Kier molecular flexibility index (Phi) is 5.48. The number of aliphatic hydroxyl groups excluding tert-OH is 1. The van der Waals surface area contributed by atoms with Crippen LogP contribution in [0.25, 0.3) is 11.2 Å². The highest BCUT2D eigenvalue weighted by Crippen LogP contribution is 2.43. The van der Waals surface area contributed by atoms with Crippen molar-refractivity contribution < 1.29 is 24.1 Å². The molecule has 164 valence electrons. The van der Waals surface area contributed by atoms with Gasteiger partial charge < -0.3 is 24.6 Å². The summed E-state index contributed by atoms with van der Waals surface area (Å²) in [4.78, 5) is 25.4. The topological polar surface area (TPSA) is 121 Å². The van der Waals surface area contributed by atoms with E-state index in [1.807, 2.05) is 19.9 Å². The van der Waals surface area contributed by atoms with Crippen LogP contribution in [0.1, 0.15) is 37.9 Å². The Morgan fingerprint density at radius 3 is 2.65 bits per heavy atom. The molecule has 0 bridgehead atoms. The molecule has 2 saturated heterocycles. The van der Waals surface area contributed by atoms with Crippen LogP contribution in [0.4, 0.5) is 5.82 Å². The minimum absolute atomic E-state index is 0. The Hall–Kier alpha value is -2.92. The van der Waals surface area contributed by atoms with Crippen molar-refractivity contribution in [2.45, 2.75) is 51.6 Å². The Morgan fingerprint density at radius 1 is 1.16 bits per heavy atom. The Balaban J connectivity index is 0.00000231. The first-order chi connectivity index (χ1) is 14.5. The van der Waals surface area contributed by atoms with E-state index < -0.39 is 30.3 Å². The SMILES string of the molecule is C.CC1(C)OC2[C@@H](CO)O[C@@H](n3cnc4c(NC(=O)c5ccccc5)ncnc43)[C@H]2O1. The molecule has 4 heterocycles. The number of anilines is 1. The van der Waals surface area contributed by atoms with Gasteiger partial charge in [-0.2, -0.15) is 0 Å². The normalized spacial score (nSPS) is 26.4. The first-order valence-corrected chi connectivity index (χ1v) is 9.63. The third-order valence-electron chi connectivity index (χ3n) is 5.21. The lowest BCUT2D eigenvalue weighted by atomic mass is 10.1. The maximum absolute atomic E-state index is 12.5. The smallest absolute Gasteiger partial charge is 0.256 e. The van der Waals surface area contributed by atoms with Gasteiger partial charge >= 0.3 is 0 Å². The summed E-state index contributed by atoms with van der Waals surface area (Å²) in [6.07, 6.45) is 0.948. The number of amides is 1. The highest BCUT2D eigenvalue weighted by atomic mass is 16.8. The van der Waals surface area contributed by atoms with Crippen molar-refractivity contribution in [1.29, 1.82) is 0 Å². The molecular formula is C21H25N5O5. The number of aromatic nitrogens is 4. The highest BCUT2D eigenvalue weighted by Gasteiger charge is 2.56. The van der Waals surface area contributed by atoms with E-state index >= 15 is 0 Å². The summed E-state index contributed by atoms with van der Waals surface area (Å²) in [6.45, 7) is 3.45. The molecule has 2 aromatic heterocycles. The first kappa shape index (κ1) is 21.3. The van der Waals surface area contributed by atoms with Gasteiger partial charge in [0.25, 0.3) is 5.91 Å². The molecular weight excluding hydrogens is 402 g/mol. The number of benzene rings is 1. The van der Waals surface area contributed by atoms with Crippen molar-refractivity contribution in [3.05, 3.63) is 48.5 Å². The molecule has 2 fully saturated rings. The summed E-state index contributed by atoms with van der Waals surface area (Å²) in [5, 5.41) is 12.5. The van der Waals surface area contributed by atoms with E-state index in [9.17, 15) is 9.90 Å². The average Bonchev–Trinajstić information content (AvgIpc) is 3.39. The highest BCUT2D eigenvalue weighted by molar-refractivity contribution is 6.06. The number of hydrogen-bond acceptors (Lipinski definition) is 8.